The summed E-state index contributed by atoms with van der Waals surface area (Å²) >= 11 is 0. The number of carbonyl (C=O) groups is 1. The molecule has 0 spiro atoms. The van der Waals surface area contributed by atoms with E-state index in [1.54, 1.807) is 0 Å². The highest BCUT2D eigenvalue weighted by molar-refractivity contribution is 5.92. The summed E-state index contributed by atoms with van der Waals surface area (Å²) in [6.45, 7) is 8.44. The molecule has 1 saturated heterocycles. The van der Waals surface area contributed by atoms with Gasteiger partial charge in [0.25, 0.3) is 5.91 Å². The molecule has 152 valence electrons. The van der Waals surface area contributed by atoms with E-state index >= 15 is 0 Å². The minimum absolute atomic E-state index is 0. The highest BCUT2D eigenvalue weighted by Gasteiger charge is 2.38. The maximum absolute atomic E-state index is 13.2. The molecule has 4 rings (SSSR count). The van der Waals surface area contributed by atoms with E-state index in [9.17, 15) is 4.79 Å². The van der Waals surface area contributed by atoms with Gasteiger partial charge in [-0.25, -0.2) is 0 Å². The third kappa shape index (κ3) is 3.96. The average Bonchev–Trinajstić information content (AvgIpc) is 3.24. The maximum atomic E-state index is 13.2. The maximum Gasteiger partial charge on any atom is 0.274 e. The van der Waals surface area contributed by atoms with Crippen LogP contribution in [0.25, 0.3) is 0 Å². The van der Waals surface area contributed by atoms with Crippen molar-refractivity contribution in [3.05, 3.63) is 53.3 Å². The highest BCUT2D eigenvalue weighted by Crippen LogP contribution is 2.42. The van der Waals surface area contributed by atoms with Crippen molar-refractivity contribution in [2.45, 2.75) is 51.0 Å². The van der Waals surface area contributed by atoms with Crippen LogP contribution in [0.15, 0.2) is 36.4 Å². The minimum Gasteiger partial charge on any atom is -0.336 e. The first kappa shape index (κ1) is 20.9. The van der Waals surface area contributed by atoms with E-state index in [1.165, 1.54) is 24.1 Å². The standard InChI is InChI=1S/C22H30N4O.ClH/c1-22(2,3)26-20(16-9-10-16)11-19(24-26)21(27)25-13-17(12-23)18(14-25)15-7-5-4-6-8-15;/h4-8,11,16-18H,9-10,12-14,23H2,1-3H3;1H/t17-,18+;/m1./s1. The molecule has 2 atom stereocenters. The Hall–Kier alpha value is -1.85. The first-order valence-electron chi connectivity index (χ1n) is 10.0. The van der Waals surface area contributed by atoms with Crippen molar-refractivity contribution in [1.29, 1.82) is 0 Å². The number of rotatable bonds is 4. The summed E-state index contributed by atoms with van der Waals surface area (Å²) in [6, 6.07) is 12.4. The van der Waals surface area contributed by atoms with Crippen LogP contribution in [-0.4, -0.2) is 40.2 Å². The van der Waals surface area contributed by atoms with E-state index in [4.69, 9.17) is 10.8 Å². The largest absolute Gasteiger partial charge is 0.336 e. The number of nitrogens with zero attached hydrogens (tertiary/aromatic N) is 3. The van der Waals surface area contributed by atoms with Gasteiger partial charge >= 0.3 is 0 Å². The van der Waals surface area contributed by atoms with E-state index in [2.05, 4.69) is 49.7 Å². The average molecular weight is 403 g/mol. The summed E-state index contributed by atoms with van der Waals surface area (Å²) in [5, 5.41) is 4.73. The monoisotopic (exact) mass is 402 g/mol. The number of halogens is 1. The van der Waals surface area contributed by atoms with Crippen LogP contribution in [0.2, 0.25) is 0 Å². The molecule has 2 aromatic rings. The van der Waals surface area contributed by atoms with Crippen LogP contribution >= 0.6 is 12.4 Å². The first-order chi connectivity index (χ1) is 12.9. The normalized spacial score (nSPS) is 22.2. The van der Waals surface area contributed by atoms with Crippen molar-refractivity contribution in [3.8, 4) is 0 Å². The second-order valence-electron chi connectivity index (χ2n) is 9.03. The number of hydrogen-bond acceptors (Lipinski definition) is 3. The Labute approximate surface area is 173 Å². The van der Waals surface area contributed by atoms with Gasteiger partial charge in [-0.3, -0.25) is 9.48 Å². The number of benzene rings is 1. The van der Waals surface area contributed by atoms with E-state index < -0.39 is 0 Å². The SMILES string of the molecule is CC(C)(C)n1nc(C(=O)N2C[C@@H](CN)[C@H](c3ccccc3)C2)cc1C1CC1.Cl. The van der Waals surface area contributed by atoms with Gasteiger partial charge in [-0.2, -0.15) is 5.10 Å². The van der Waals surface area contributed by atoms with Crippen LogP contribution in [-0.2, 0) is 5.54 Å². The number of amides is 1. The number of carbonyl (C=O) groups excluding carboxylic acids is 1. The summed E-state index contributed by atoms with van der Waals surface area (Å²) in [5.74, 6) is 1.19. The lowest BCUT2D eigenvalue weighted by atomic mass is 9.89. The third-order valence-electron chi connectivity index (χ3n) is 5.85. The molecular formula is C22H31ClN4O. The van der Waals surface area contributed by atoms with Gasteiger partial charge in [-0.1, -0.05) is 30.3 Å². The van der Waals surface area contributed by atoms with Crippen molar-refractivity contribution in [1.82, 2.24) is 14.7 Å². The Morgan fingerprint density at radius 3 is 2.43 bits per heavy atom. The molecule has 1 amide bonds. The molecule has 5 nitrogen and oxygen atoms in total. The predicted molar refractivity (Wildman–Crippen MR) is 114 cm³/mol. The zero-order valence-corrected chi connectivity index (χ0v) is 17.8. The van der Waals surface area contributed by atoms with Gasteiger partial charge in [0, 0.05) is 30.6 Å². The molecule has 1 saturated carbocycles. The fourth-order valence-electron chi connectivity index (χ4n) is 4.22. The summed E-state index contributed by atoms with van der Waals surface area (Å²) in [7, 11) is 0. The lowest BCUT2D eigenvalue weighted by Gasteiger charge is -2.22. The summed E-state index contributed by atoms with van der Waals surface area (Å²) < 4.78 is 2.06. The smallest absolute Gasteiger partial charge is 0.274 e. The molecule has 0 radical (unpaired) electrons. The lowest BCUT2D eigenvalue weighted by molar-refractivity contribution is 0.0779. The molecule has 0 unspecified atom stereocenters. The van der Waals surface area contributed by atoms with Gasteiger partial charge in [0.1, 0.15) is 0 Å². The van der Waals surface area contributed by atoms with Gasteiger partial charge in [-0.15, -0.1) is 12.4 Å². The Morgan fingerprint density at radius 1 is 1.18 bits per heavy atom. The number of nitrogens with two attached hydrogens (primary N) is 1. The minimum atomic E-state index is -0.117. The third-order valence-corrected chi connectivity index (χ3v) is 5.85. The van der Waals surface area contributed by atoms with Crippen molar-refractivity contribution in [2.24, 2.45) is 11.7 Å². The van der Waals surface area contributed by atoms with Gasteiger partial charge < -0.3 is 10.6 Å². The van der Waals surface area contributed by atoms with Crippen molar-refractivity contribution in [2.75, 3.05) is 19.6 Å². The Bertz CT molecular complexity index is 823. The number of hydrogen-bond donors (Lipinski definition) is 1. The lowest BCUT2D eigenvalue weighted by Crippen LogP contribution is -2.31. The summed E-state index contributed by atoms with van der Waals surface area (Å²) in [4.78, 5) is 15.2. The van der Waals surface area contributed by atoms with Crippen LogP contribution in [0.1, 0.15) is 67.2 Å². The molecule has 1 aliphatic heterocycles. The van der Waals surface area contributed by atoms with E-state index in [0.29, 0.717) is 43.1 Å². The Kier molecular flexibility index (Phi) is 5.87. The van der Waals surface area contributed by atoms with E-state index in [1.807, 2.05) is 17.0 Å². The molecule has 0 bridgehead atoms. The van der Waals surface area contributed by atoms with Crippen LogP contribution in [0, 0.1) is 5.92 Å². The molecule has 1 aromatic heterocycles. The van der Waals surface area contributed by atoms with Crippen LogP contribution in [0.5, 0.6) is 0 Å². The zero-order chi connectivity index (χ0) is 19.2. The highest BCUT2D eigenvalue weighted by atomic mass is 35.5. The molecular weight excluding hydrogens is 372 g/mol. The molecule has 2 fully saturated rings. The molecule has 2 aliphatic rings. The van der Waals surface area contributed by atoms with Crippen LogP contribution < -0.4 is 5.73 Å². The fourth-order valence-corrected chi connectivity index (χ4v) is 4.22. The number of aromatic nitrogens is 2. The fraction of sp³-hybridized carbons (Fsp3) is 0.545. The van der Waals surface area contributed by atoms with Crippen LogP contribution in [0.4, 0.5) is 0 Å². The topological polar surface area (TPSA) is 64.2 Å². The zero-order valence-electron chi connectivity index (χ0n) is 17.0. The predicted octanol–water partition coefficient (Wildman–Crippen LogP) is 3.75. The quantitative estimate of drug-likeness (QED) is 0.846. The Morgan fingerprint density at radius 2 is 1.86 bits per heavy atom. The molecule has 2 N–H and O–H groups in total. The van der Waals surface area contributed by atoms with E-state index in [-0.39, 0.29) is 23.9 Å². The first-order valence-corrected chi connectivity index (χ1v) is 10.0. The molecule has 1 aliphatic carbocycles. The molecule has 28 heavy (non-hydrogen) atoms. The Balaban J connectivity index is 0.00000225. The second-order valence-corrected chi connectivity index (χ2v) is 9.03. The number of likely N-dealkylation sites (tertiary alicyclic amines) is 1. The molecule has 1 aromatic carbocycles. The van der Waals surface area contributed by atoms with Crippen molar-refractivity contribution < 1.29 is 4.79 Å². The molecule has 6 heteroatoms. The van der Waals surface area contributed by atoms with Gasteiger partial charge in [0.15, 0.2) is 5.69 Å². The van der Waals surface area contributed by atoms with Crippen molar-refractivity contribution in [3.63, 3.8) is 0 Å². The van der Waals surface area contributed by atoms with Gasteiger partial charge in [0.05, 0.1) is 5.54 Å². The van der Waals surface area contributed by atoms with Crippen LogP contribution in [0.3, 0.4) is 0 Å². The summed E-state index contributed by atoms with van der Waals surface area (Å²) in [5.41, 5.74) is 8.98. The van der Waals surface area contributed by atoms with E-state index in [0.717, 1.165) is 0 Å². The molecule has 2 heterocycles. The van der Waals surface area contributed by atoms with Gasteiger partial charge in [-0.05, 0) is 57.7 Å². The summed E-state index contributed by atoms with van der Waals surface area (Å²) in [6.07, 6.45) is 2.40. The second kappa shape index (κ2) is 7.88. The van der Waals surface area contributed by atoms with Crippen molar-refractivity contribution >= 4 is 18.3 Å². The van der Waals surface area contributed by atoms with Gasteiger partial charge in [0.2, 0.25) is 0 Å².